The van der Waals surface area contributed by atoms with Crippen molar-refractivity contribution in [1.82, 2.24) is 0 Å². The van der Waals surface area contributed by atoms with Gasteiger partial charge in [-0.2, -0.15) is 0 Å². The lowest BCUT2D eigenvalue weighted by atomic mass is 10.1. The highest BCUT2D eigenvalue weighted by Crippen LogP contribution is 2.26. The van der Waals surface area contributed by atoms with Crippen molar-refractivity contribution < 1.29 is 14.9 Å². The van der Waals surface area contributed by atoms with E-state index in [9.17, 15) is 5.11 Å². The normalized spacial score (nSPS) is 9.92. The summed E-state index contributed by atoms with van der Waals surface area (Å²) in [6.45, 7) is 3.24. The molecule has 2 N–H and O–H groups in total. The zero-order chi connectivity index (χ0) is 9.14. The molecule has 0 aromatic heterocycles. The molecule has 0 saturated carbocycles. The van der Waals surface area contributed by atoms with Gasteiger partial charge in [-0.25, -0.2) is 0 Å². The van der Waals surface area contributed by atoms with Crippen molar-refractivity contribution in [2.45, 2.75) is 13.8 Å². The minimum absolute atomic E-state index is 0.248. The van der Waals surface area contributed by atoms with Crippen LogP contribution in [0.15, 0.2) is 12.1 Å². The SMILES string of the molecule is Cc1cc(OCO)c(C)cc1O. The first-order chi connectivity index (χ1) is 5.65. The number of aryl methyl sites for hydroxylation is 2. The van der Waals surface area contributed by atoms with Crippen LogP contribution in [0.5, 0.6) is 11.5 Å². The Morgan fingerprint density at radius 1 is 1.25 bits per heavy atom. The van der Waals surface area contributed by atoms with Gasteiger partial charge in [-0.1, -0.05) is 0 Å². The summed E-state index contributed by atoms with van der Waals surface area (Å²) in [5, 5.41) is 17.8. The standard InChI is InChI=1S/C9H12O3/c1-6-4-9(12-5-10)7(2)3-8(6)11/h3-4,10-11H,5H2,1-2H3. The molecular weight excluding hydrogens is 156 g/mol. The highest BCUT2D eigenvalue weighted by Gasteiger charge is 2.03. The van der Waals surface area contributed by atoms with E-state index >= 15 is 0 Å². The monoisotopic (exact) mass is 168 g/mol. The number of hydrogen-bond acceptors (Lipinski definition) is 3. The minimum atomic E-state index is -0.342. The van der Waals surface area contributed by atoms with Crippen molar-refractivity contribution in [1.29, 1.82) is 0 Å². The molecule has 1 rings (SSSR count). The first-order valence-electron chi connectivity index (χ1n) is 3.69. The van der Waals surface area contributed by atoms with E-state index in [1.54, 1.807) is 19.1 Å². The van der Waals surface area contributed by atoms with E-state index in [0.29, 0.717) is 5.75 Å². The molecule has 0 spiro atoms. The molecule has 0 aliphatic heterocycles. The van der Waals surface area contributed by atoms with E-state index in [0.717, 1.165) is 11.1 Å². The van der Waals surface area contributed by atoms with Gasteiger partial charge in [0, 0.05) is 0 Å². The van der Waals surface area contributed by atoms with E-state index in [1.165, 1.54) is 0 Å². The van der Waals surface area contributed by atoms with Crippen LogP contribution in [-0.2, 0) is 0 Å². The lowest BCUT2D eigenvalue weighted by molar-refractivity contribution is 0.0977. The number of ether oxygens (including phenoxy) is 1. The maximum absolute atomic E-state index is 9.27. The van der Waals surface area contributed by atoms with Gasteiger partial charge in [0.05, 0.1) is 0 Å². The van der Waals surface area contributed by atoms with Crippen LogP contribution < -0.4 is 4.74 Å². The second kappa shape index (κ2) is 3.45. The first-order valence-corrected chi connectivity index (χ1v) is 3.69. The van der Waals surface area contributed by atoms with Gasteiger partial charge >= 0.3 is 0 Å². The number of hydrogen-bond donors (Lipinski definition) is 2. The molecule has 0 aliphatic rings. The average molecular weight is 168 g/mol. The summed E-state index contributed by atoms with van der Waals surface area (Å²) in [7, 11) is 0. The molecule has 0 fully saturated rings. The lowest BCUT2D eigenvalue weighted by Crippen LogP contribution is -1.96. The van der Waals surface area contributed by atoms with Crippen LogP contribution in [0.1, 0.15) is 11.1 Å². The molecule has 1 aromatic carbocycles. The van der Waals surface area contributed by atoms with E-state index in [4.69, 9.17) is 9.84 Å². The van der Waals surface area contributed by atoms with E-state index in [-0.39, 0.29) is 12.5 Å². The fourth-order valence-electron chi connectivity index (χ4n) is 1.000. The number of aliphatic hydroxyl groups excluding tert-OH is 1. The molecule has 66 valence electrons. The predicted octanol–water partition coefficient (Wildman–Crippen LogP) is 1.34. The Hall–Kier alpha value is -1.22. The van der Waals surface area contributed by atoms with Gasteiger partial charge < -0.3 is 14.9 Å². The topological polar surface area (TPSA) is 49.7 Å². The predicted molar refractivity (Wildman–Crippen MR) is 45.3 cm³/mol. The van der Waals surface area contributed by atoms with E-state index < -0.39 is 0 Å². The second-order valence-electron chi connectivity index (χ2n) is 2.68. The van der Waals surface area contributed by atoms with Crippen molar-refractivity contribution in [2.24, 2.45) is 0 Å². The Kier molecular flexibility index (Phi) is 2.55. The van der Waals surface area contributed by atoms with Crippen LogP contribution in [0.2, 0.25) is 0 Å². The van der Waals surface area contributed by atoms with Crippen LogP contribution in [0.4, 0.5) is 0 Å². The van der Waals surface area contributed by atoms with Crippen LogP contribution in [0, 0.1) is 13.8 Å². The average Bonchev–Trinajstić information content (AvgIpc) is 2.01. The third-order valence-corrected chi connectivity index (χ3v) is 1.71. The maximum Gasteiger partial charge on any atom is 0.186 e. The summed E-state index contributed by atoms with van der Waals surface area (Å²) in [4.78, 5) is 0. The molecule has 3 nitrogen and oxygen atoms in total. The number of aromatic hydroxyl groups is 1. The third-order valence-electron chi connectivity index (χ3n) is 1.71. The minimum Gasteiger partial charge on any atom is -0.508 e. The van der Waals surface area contributed by atoms with Gasteiger partial charge in [-0.05, 0) is 37.1 Å². The third kappa shape index (κ3) is 1.68. The van der Waals surface area contributed by atoms with Crippen molar-refractivity contribution in [2.75, 3.05) is 6.79 Å². The first kappa shape index (κ1) is 8.87. The molecule has 1 aromatic rings. The summed E-state index contributed by atoms with van der Waals surface area (Å²) >= 11 is 0. The van der Waals surface area contributed by atoms with Crippen molar-refractivity contribution in [3.63, 3.8) is 0 Å². The van der Waals surface area contributed by atoms with Gasteiger partial charge in [0.1, 0.15) is 11.5 Å². The maximum atomic E-state index is 9.27. The highest BCUT2D eigenvalue weighted by molar-refractivity contribution is 5.44. The van der Waals surface area contributed by atoms with Crippen molar-refractivity contribution in [3.05, 3.63) is 23.3 Å². The number of phenolic OH excluding ortho intramolecular Hbond substituents is 1. The molecular formula is C9H12O3. The number of phenols is 1. The lowest BCUT2D eigenvalue weighted by Gasteiger charge is -2.08. The molecule has 0 atom stereocenters. The molecule has 0 aliphatic carbocycles. The number of rotatable bonds is 2. The van der Waals surface area contributed by atoms with Gasteiger partial charge in [0.15, 0.2) is 6.79 Å². The fraction of sp³-hybridized carbons (Fsp3) is 0.333. The van der Waals surface area contributed by atoms with Crippen LogP contribution in [0.25, 0.3) is 0 Å². The quantitative estimate of drug-likeness (QED) is 0.655. The zero-order valence-electron chi connectivity index (χ0n) is 7.16. The van der Waals surface area contributed by atoms with E-state index in [1.807, 2.05) is 6.92 Å². The fourth-order valence-corrected chi connectivity index (χ4v) is 1.000. The van der Waals surface area contributed by atoms with Crippen molar-refractivity contribution >= 4 is 0 Å². The second-order valence-corrected chi connectivity index (χ2v) is 2.68. The Balaban J connectivity index is 3.05. The molecule has 0 unspecified atom stereocenters. The molecule has 0 saturated heterocycles. The summed E-state index contributed by atoms with van der Waals surface area (Å²) in [6, 6.07) is 3.31. The Bertz CT molecular complexity index is 281. The summed E-state index contributed by atoms with van der Waals surface area (Å²) in [5.74, 6) is 0.852. The summed E-state index contributed by atoms with van der Waals surface area (Å²) < 4.78 is 4.92. The largest absolute Gasteiger partial charge is 0.508 e. The molecule has 0 bridgehead atoms. The smallest absolute Gasteiger partial charge is 0.186 e. The molecule has 0 heterocycles. The highest BCUT2D eigenvalue weighted by atomic mass is 16.6. The molecule has 12 heavy (non-hydrogen) atoms. The van der Waals surface area contributed by atoms with Crippen LogP contribution >= 0.6 is 0 Å². The number of benzene rings is 1. The Morgan fingerprint density at radius 2 is 1.92 bits per heavy atom. The van der Waals surface area contributed by atoms with Crippen LogP contribution in [0.3, 0.4) is 0 Å². The summed E-state index contributed by atoms with van der Waals surface area (Å²) in [5.41, 5.74) is 1.55. The Morgan fingerprint density at radius 3 is 2.50 bits per heavy atom. The van der Waals surface area contributed by atoms with Crippen LogP contribution in [-0.4, -0.2) is 17.0 Å². The van der Waals surface area contributed by atoms with Gasteiger partial charge in [-0.15, -0.1) is 0 Å². The van der Waals surface area contributed by atoms with Crippen molar-refractivity contribution in [3.8, 4) is 11.5 Å². The summed E-state index contributed by atoms with van der Waals surface area (Å²) in [6.07, 6.45) is 0. The van der Waals surface area contributed by atoms with E-state index in [2.05, 4.69) is 0 Å². The molecule has 0 radical (unpaired) electrons. The molecule has 0 amide bonds. The molecule has 3 heteroatoms. The van der Waals surface area contributed by atoms with Gasteiger partial charge in [0.25, 0.3) is 0 Å². The van der Waals surface area contributed by atoms with Gasteiger partial charge in [-0.3, -0.25) is 0 Å². The van der Waals surface area contributed by atoms with Gasteiger partial charge in [0.2, 0.25) is 0 Å². The number of aliphatic hydroxyl groups is 1. The zero-order valence-corrected chi connectivity index (χ0v) is 7.16. The Labute approximate surface area is 71.2 Å².